The van der Waals surface area contributed by atoms with Crippen LogP contribution in [0.1, 0.15) is 30.6 Å². The number of rotatable bonds is 6. The van der Waals surface area contributed by atoms with E-state index in [2.05, 4.69) is 26.5 Å². The van der Waals surface area contributed by atoms with Gasteiger partial charge >= 0.3 is 0 Å². The number of hydrogen-bond donors (Lipinski definition) is 2. The van der Waals surface area contributed by atoms with Crippen LogP contribution < -0.4 is 5.32 Å². The van der Waals surface area contributed by atoms with Gasteiger partial charge in [-0.3, -0.25) is 9.67 Å². The largest absolute Gasteiger partial charge is 0.386 e. The minimum absolute atomic E-state index is 0. The number of halogens is 2. The summed E-state index contributed by atoms with van der Waals surface area (Å²) in [7, 11) is 1.94. The molecule has 1 aromatic heterocycles. The summed E-state index contributed by atoms with van der Waals surface area (Å²) in [6.07, 6.45) is 5.39. The van der Waals surface area contributed by atoms with E-state index in [-0.39, 0.29) is 36.3 Å². The highest BCUT2D eigenvalue weighted by Gasteiger charge is 2.25. The van der Waals surface area contributed by atoms with Crippen LogP contribution >= 0.6 is 24.0 Å². The lowest BCUT2D eigenvalue weighted by molar-refractivity contribution is 0.186. The monoisotopic (exact) mass is 501 g/mol. The third-order valence-corrected chi connectivity index (χ3v) is 4.87. The molecule has 1 aliphatic heterocycles. The Balaban J connectivity index is 0.00000280. The first kappa shape index (κ1) is 22.6. The topological polar surface area (TPSA) is 65.7 Å². The fraction of sp³-hybridized carbons (Fsp3) is 0.500. The van der Waals surface area contributed by atoms with Crippen LogP contribution in [0, 0.1) is 11.7 Å². The molecule has 2 unspecified atom stereocenters. The number of hydrogen-bond acceptors (Lipinski definition) is 3. The predicted octanol–water partition coefficient (Wildman–Crippen LogP) is 2.74. The van der Waals surface area contributed by atoms with Crippen LogP contribution in [0.5, 0.6) is 0 Å². The SMILES string of the molecule is CCNC(=NCC(O)c1ccc(F)cc1)N1CCC(Cc2cnn(C)c2)C1.I. The number of aliphatic hydroxyl groups excluding tert-OH is 1. The van der Waals surface area contributed by atoms with E-state index in [1.807, 2.05) is 24.9 Å². The summed E-state index contributed by atoms with van der Waals surface area (Å²) in [6, 6.07) is 5.92. The standard InChI is InChI=1S/C20H28FN5O.HI/c1-3-22-20(23-12-19(27)17-4-6-18(21)7-5-17)26-9-8-15(14-26)10-16-11-24-25(2)13-16;/h4-7,11,13,15,19,27H,3,8-10,12,14H2,1-2H3,(H,22,23);1H. The number of likely N-dealkylation sites (tertiary alicyclic amines) is 1. The van der Waals surface area contributed by atoms with Gasteiger partial charge in [0.1, 0.15) is 5.82 Å². The van der Waals surface area contributed by atoms with E-state index in [0.717, 1.165) is 38.4 Å². The van der Waals surface area contributed by atoms with Crippen LogP contribution in [0.2, 0.25) is 0 Å². The molecule has 3 rings (SSSR count). The third kappa shape index (κ3) is 6.16. The smallest absolute Gasteiger partial charge is 0.194 e. The van der Waals surface area contributed by atoms with E-state index in [4.69, 9.17) is 0 Å². The summed E-state index contributed by atoms with van der Waals surface area (Å²) in [4.78, 5) is 6.86. The van der Waals surface area contributed by atoms with Gasteiger partial charge in [-0.05, 0) is 48.9 Å². The van der Waals surface area contributed by atoms with Crippen LogP contribution in [0.4, 0.5) is 4.39 Å². The number of aliphatic hydroxyl groups is 1. The summed E-state index contributed by atoms with van der Waals surface area (Å²) < 4.78 is 14.9. The summed E-state index contributed by atoms with van der Waals surface area (Å²) in [5, 5.41) is 17.9. The van der Waals surface area contributed by atoms with Crippen LogP contribution in [-0.4, -0.2) is 51.9 Å². The Labute approximate surface area is 182 Å². The molecule has 1 aliphatic rings. The highest BCUT2D eigenvalue weighted by molar-refractivity contribution is 14.0. The summed E-state index contributed by atoms with van der Waals surface area (Å²) in [6.45, 7) is 4.94. The number of benzene rings is 1. The van der Waals surface area contributed by atoms with Gasteiger partial charge in [0.15, 0.2) is 5.96 Å². The molecule has 1 aromatic carbocycles. The molecule has 0 spiro atoms. The van der Waals surface area contributed by atoms with E-state index < -0.39 is 6.10 Å². The van der Waals surface area contributed by atoms with Crippen molar-refractivity contribution in [3.05, 3.63) is 53.6 Å². The van der Waals surface area contributed by atoms with E-state index in [1.165, 1.54) is 17.7 Å². The second-order valence-electron chi connectivity index (χ2n) is 7.09. The molecule has 0 radical (unpaired) electrons. The van der Waals surface area contributed by atoms with Crippen molar-refractivity contribution in [2.24, 2.45) is 18.0 Å². The van der Waals surface area contributed by atoms with Crippen molar-refractivity contribution in [2.75, 3.05) is 26.2 Å². The molecule has 2 N–H and O–H groups in total. The van der Waals surface area contributed by atoms with Crippen LogP contribution in [0.3, 0.4) is 0 Å². The first-order chi connectivity index (χ1) is 13.0. The second kappa shape index (κ2) is 10.8. The molecule has 1 fully saturated rings. The Hall–Kier alpha value is -1.68. The van der Waals surface area contributed by atoms with Crippen molar-refractivity contribution in [1.82, 2.24) is 20.0 Å². The summed E-state index contributed by atoms with van der Waals surface area (Å²) in [5.74, 6) is 1.09. The molecule has 6 nitrogen and oxygen atoms in total. The molecule has 2 heterocycles. The molecule has 0 aliphatic carbocycles. The van der Waals surface area contributed by atoms with Gasteiger partial charge in [0, 0.05) is 32.9 Å². The van der Waals surface area contributed by atoms with Gasteiger partial charge in [0.2, 0.25) is 0 Å². The van der Waals surface area contributed by atoms with Crippen LogP contribution in [0.15, 0.2) is 41.7 Å². The van der Waals surface area contributed by atoms with Crippen molar-refractivity contribution in [3.63, 3.8) is 0 Å². The first-order valence-electron chi connectivity index (χ1n) is 9.49. The van der Waals surface area contributed by atoms with Gasteiger partial charge in [-0.25, -0.2) is 4.39 Å². The fourth-order valence-electron chi connectivity index (χ4n) is 3.49. The number of aromatic nitrogens is 2. The van der Waals surface area contributed by atoms with E-state index >= 15 is 0 Å². The molecule has 1 saturated heterocycles. The van der Waals surface area contributed by atoms with Crippen molar-refractivity contribution in [1.29, 1.82) is 0 Å². The lowest BCUT2D eigenvalue weighted by atomic mass is 10.0. The minimum Gasteiger partial charge on any atom is -0.386 e. The molecule has 2 atom stereocenters. The Morgan fingerprint density at radius 2 is 2.14 bits per heavy atom. The van der Waals surface area contributed by atoms with Crippen molar-refractivity contribution in [3.8, 4) is 0 Å². The Bertz CT molecular complexity index is 764. The van der Waals surface area contributed by atoms with Crippen LogP contribution in [0.25, 0.3) is 0 Å². The number of guanidine groups is 1. The zero-order chi connectivity index (χ0) is 19.2. The highest BCUT2D eigenvalue weighted by Crippen LogP contribution is 2.21. The quantitative estimate of drug-likeness (QED) is 0.363. The van der Waals surface area contributed by atoms with E-state index in [0.29, 0.717) is 11.5 Å². The molecule has 8 heteroatoms. The fourth-order valence-corrected chi connectivity index (χ4v) is 3.49. The predicted molar refractivity (Wildman–Crippen MR) is 119 cm³/mol. The molecule has 28 heavy (non-hydrogen) atoms. The molecule has 2 aromatic rings. The average molecular weight is 501 g/mol. The maximum Gasteiger partial charge on any atom is 0.194 e. The number of nitrogens with one attached hydrogen (secondary N) is 1. The van der Waals surface area contributed by atoms with Gasteiger partial charge in [-0.15, -0.1) is 24.0 Å². The zero-order valence-corrected chi connectivity index (χ0v) is 18.7. The molecule has 0 saturated carbocycles. The molecule has 154 valence electrons. The third-order valence-electron chi connectivity index (χ3n) is 4.87. The Kier molecular flexibility index (Phi) is 8.68. The van der Waals surface area contributed by atoms with Gasteiger partial charge in [-0.2, -0.15) is 5.10 Å². The lowest BCUT2D eigenvalue weighted by Crippen LogP contribution is -2.40. The Morgan fingerprint density at radius 1 is 1.39 bits per heavy atom. The molecular weight excluding hydrogens is 472 g/mol. The molecule has 0 bridgehead atoms. The first-order valence-corrected chi connectivity index (χ1v) is 9.49. The van der Waals surface area contributed by atoms with Crippen molar-refractivity contribution < 1.29 is 9.50 Å². The van der Waals surface area contributed by atoms with Crippen molar-refractivity contribution in [2.45, 2.75) is 25.9 Å². The van der Waals surface area contributed by atoms with Crippen LogP contribution in [-0.2, 0) is 13.5 Å². The van der Waals surface area contributed by atoms with E-state index in [9.17, 15) is 9.50 Å². The maximum atomic E-state index is 13.0. The van der Waals surface area contributed by atoms with Gasteiger partial charge in [0.25, 0.3) is 0 Å². The maximum absolute atomic E-state index is 13.0. The minimum atomic E-state index is -0.743. The summed E-state index contributed by atoms with van der Waals surface area (Å²) >= 11 is 0. The van der Waals surface area contributed by atoms with Crippen molar-refractivity contribution >= 4 is 29.9 Å². The van der Waals surface area contributed by atoms with Gasteiger partial charge in [-0.1, -0.05) is 12.1 Å². The highest BCUT2D eigenvalue weighted by atomic mass is 127. The number of aliphatic imine (C=N–C) groups is 1. The zero-order valence-electron chi connectivity index (χ0n) is 16.4. The van der Waals surface area contributed by atoms with E-state index in [1.54, 1.807) is 12.1 Å². The molecule has 0 amide bonds. The Morgan fingerprint density at radius 3 is 2.79 bits per heavy atom. The normalized spacial score (nSPS) is 18.1. The van der Waals surface area contributed by atoms with Gasteiger partial charge < -0.3 is 15.3 Å². The second-order valence-corrected chi connectivity index (χ2v) is 7.09. The lowest BCUT2D eigenvalue weighted by Gasteiger charge is -2.22. The van der Waals surface area contributed by atoms with Gasteiger partial charge in [0.05, 0.1) is 18.8 Å². The number of aryl methyl sites for hydroxylation is 1. The average Bonchev–Trinajstić information content (AvgIpc) is 3.28. The molecular formula is C20H29FIN5O. The number of nitrogens with zero attached hydrogens (tertiary/aromatic N) is 4. The summed E-state index contributed by atoms with van der Waals surface area (Å²) in [5.41, 5.74) is 1.94.